The van der Waals surface area contributed by atoms with Gasteiger partial charge in [-0.2, -0.15) is 5.26 Å². The van der Waals surface area contributed by atoms with Crippen molar-refractivity contribution in [2.75, 3.05) is 0 Å². The summed E-state index contributed by atoms with van der Waals surface area (Å²) in [6, 6.07) is 9.59. The van der Waals surface area contributed by atoms with Gasteiger partial charge in [-0.1, -0.05) is 64.6 Å². The third-order valence-corrected chi connectivity index (χ3v) is 2.89. The van der Waals surface area contributed by atoms with E-state index in [9.17, 15) is 0 Å². The molecule has 102 valence electrons. The Morgan fingerprint density at radius 3 is 2.40 bits per heavy atom. The Labute approximate surface area is 130 Å². The summed E-state index contributed by atoms with van der Waals surface area (Å²) >= 11 is 16.9. The second kappa shape index (κ2) is 5.84. The zero-order valence-corrected chi connectivity index (χ0v) is 12.5. The highest BCUT2D eigenvalue weighted by molar-refractivity contribution is 6.66. The zero-order chi connectivity index (χ0) is 14.8. The summed E-state index contributed by atoms with van der Waals surface area (Å²) < 4.78 is 3.38. The summed E-state index contributed by atoms with van der Waals surface area (Å²) in [4.78, 5) is 0. The maximum Gasteiger partial charge on any atom is 0.268 e. The van der Waals surface area contributed by atoms with Crippen LogP contribution < -0.4 is 0 Å². The molecule has 4 nitrogen and oxygen atoms in total. The van der Waals surface area contributed by atoms with E-state index in [1.54, 1.807) is 6.08 Å². The van der Waals surface area contributed by atoms with Crippen LogP contribution in [-0.4, -0.2) is 10.2 Å². The van der Waals surface area contributed by atoms with Gasteiger partial charge in [0.25, 0.3) is 15.6 Å². The van der Waals surface area contributed by atoms with E-state index in [0.29, 0.717) is 0 Å². The van der Waals surface area contributed by atoms with Gasteiger partial charge >= 0.3 is 0 Å². The lowest BCUT2D eigenvalue weighted by Crippen LogP contribution is -1.99. The monoisotopic (exact) mass is 327 g/mol. The molecule has 0 fully saturated rings. The Kier molecular flexibility index (Phi) is 4.34. The fraction of sp³-hybridized carbons (Fsp3) is 0.154. The van der Waals surface area contributed by atoms with Crippen LogP contribution in [0.25, 0.3) is 11.6 Å². The van der Waals surface area contributed by atoms with Crippen molar-refractivity contribution in [1.82, 2.24) is 10.2 Å². The summed E-state index contributed by atoms with van der Waals surface area (Å²) in [5, 5.41) is 16.5. The molecule has 2 aromatic rings. The van der Waals surface area contributed by atoms with E-state index in [1.165, 1.54) is 0 Å². The quantitative estimate of drug-likeness (QED) is 0.610. The van der Waals surface area contributed by atoms with Crippen molar-refractivity contribution in [3.63, 3.8) is 0 Å². The fourth-order valence-electron chi connectivity index (χ4n) is 1.42. The number of aryl methyl sites for hydroxylation is 1. The lowest BCUT2D eigenvalue weighted by Gasteiger charge is -2.02. The number of alkyl halides is 3. The molecule has 0 saturated carbocycles. The van der Waals surface area contributed by atoms with Gasteiger partial charge in [0.2, 0.25) is 0 Å². The summed E-state index contributed by atoms with van der Waals surface area (Å²) in [6.45, 7) is 1.98. The molecule has 0 radical (unpaired) electrons. The van der Waals surface area contributed by atoms with Crippen LogP contribution in [-0.2, 0) is 3.79 Å². The smallest absolute Gasteiger partial charge is 0.268 e. The first-order valence-corrected chi connectivity index (χ1v) is 6.63. The van der Waals surface area contributed by atoms with Crippen LogP contribution >= 0.6 is 34.8 Å². The van der Waals surface area contributed by atoms with E-state index >= 15 is 0 Å². The van der Waals surface area contributed by atoms with Crippen LogP contribution in [0.3, 0.4) is 0 Å². The molecule has 2 rings (SSSR count). The predicted molar refractivity (Wildman–Crippen MR) is 78.2 cm³/mol. The average Bonchev–Trinajstić information content (AvgIpc) is 2.87. The highest BCUT2D eigenvalue weighted by atomic mass is 35.6. The highest BCUT2D eigenvalue weighted by Crippen LogP contribution is 2.37. The number of benzene rings is 1. The molecule has 0 aliphatic carbocycles. The van der Waals surface area contributed by atoms with Gasteiger partial charge in [0, 0.05) is 0 Å². The van der Waals surface area contributed by atoms with E-state index in [2.05, 4.69) is 10.2 Å². The van der Waals surface area contributed by atoms with Gasteiger partial charge < -0.3 is 4.42 Å². The summed E-state index contributed by atoms with van der Waals surface area (Å²) in [5.74, 6) is -0.169. The Hall–Kier alpha value is -1.54. The van der Waals surface area contributed by atoms with Crippen molar-refractivity contribution in [2.45, 2.75) is 10.7 Å². The molecule has 0 bridgehead atoms. The molecule has 0 atom stereocenters. The van der Waals surface area contributed by atoms with Gasteiger partial charge in [-0.25, -0.2) is 0 Å². The number of aromatic nitrogens is 2. The number of nitrogens with zero attached hydrogens (tertiary/aromatic N) is 3. The third-order valence-electron chi connectivity index (χ3n) is 2.41. The first kappa shape index (κ1) is 14.9. The number of rotatable bonds is 2. The lowest BCUT2D eigenvalue weighted by atomic mass is 10.1. The normalized spacial score (nSPS) is 12.2. The number of halogens is 3. The fourth-order valence-corrected chi connectivity index (χ4v) is 1.65. The van der Waals surface area contributed by atoms with Crippen LogP contribution in [0.15, 0.2) is 28.7 Å². The molecule has 0 saturated heterocycles. The molecule has 0 amide bonds. The molecule has 20 heavy (non-hydrogen) atoms. The molecular formula is C13H8Cl3N3O. The summed E-state index contributed by atoms with van der Waals surface area (Å²) in [7, 11) is 0. The van der Waals surface area contributed by atoms with Crippen molar-refractivity contribution in [2.24, 2.45) is 0 Å². The molecule has 1 aromatic heterocycles. The Balaban J connectivity index is 2.36. The SMILES string of the molecule is Cc1ccc(C=C(C#N)c2nnc(C(Cl)(Cl)Cl)o2)cc1. The van der Waals surface area contributed by atoms with Gasteiger partial charge in [-0.3, -0.25) is 0 Å². The molecule has 0 aliphatic heterocycles. The number of nitriles is 1. The standard InChI is InChI=1S/C13H8Cl3N3O/c1-8-2-4-9(5-3-8)6-10(7-17)11-18-19-12(20-11)13(14,15)16/h2-6H,1H3. The molecule has 0 N–H and O–H groups in total. The van der Waals surface area contributed by atoms with Crippen LogP contribution in [0.5, 0.6) is 0 Å². The van der Waals surface area contributed by atoms with Crippen molar-refractivity contribution in [1.29, 1.82) is 5.26 Å². The first-order chi connectivity index (χ1) is 9.40. The van der Waals surface area contributed by atoms with E-state index in [4.69, 9.17) is 44.5 Å². The lowest BCUT2D eigenvalue weighted by molar-refractivity contribution is 0.491. The minimum absolute atomic E-state index is 0.00870. The second-order valence-corrected chi connectivity index (χ2v) is 6.27. The largest absolute Gasteiger partial charge is 0.415 e. The Bertz CT molecular complexity index is 678. The molecule has 7 heteroatoms. The minimum Gasteiger partial charge on any atom is -0.415 e. The number of allylic oxidation sites excluding steroid dienone is 1. The van der Waals surface area contributed by atoms with Gasteiger partial charge in [-0.15, -0.1) is 10.2 Å². The van der Waals surface area contributed by atoms with Gasteiger partial charge in [-0.05, 0) is 18.6 Å². The van der Waals surface area contributed by atoms with Crippen LogP contribution in [0, 0.1) is 18.3 Å². The van der Waals surface area contributed by atoms with E-state index < -0.39 is 3.79 Å². The van der Waals surface area contributed by atoms with Gasteiger partial charge in [0.1, 0.15) is 11.6 Å². The van der Waals surface area contributed by atoms with Crippen molar-refractivity contribution >= 4 is 46.5 Å². The average molecular weight is 329 g/mol. The van der Waals surface area contributed by atoms with E-state index in [1.807, 2.05) is 37.3 Å². The molecule has 0 aliphatic rings. The summed E-state index contributed by atoms with van der Waals surface area (Å²) in [5.41, 5.74) is 2.15. The molecule has 1 aromatic carbocycles. The summed E-state index contributed by atoms with van der Waals surface area (Å²) in [6.07, 6.45) is 1.62. The maximum atomic E-state index is 9.16. The molecule has 0 spiro atoms. The van der Waals surface area contributed by atoms with E-state index in [-0.39, 0.29) is 17.4 Å². The van der Waals surface area contributed by atoms with Crippen LogP contribution in [0.1, 0.15) is 22.9 Å². The minimum atomic E-state index is -1.81. The zero-order valence-electron chi connectivity index (χ0n) is 10.3. The van der Waals surface area contributed by atoms with Crippen molar-refractivity contribution in [3.05, 3.63) is 47.2 Å². The van der Waals surface area contributed by atoms with Gasteiger partial charge in [0.05, 0.1) is 0 Å². The Morgan fingerprint density at radius 1 is 1.25 bits per heavy atom. The number of hydrogen-bond acceptors (Lipinski definition) is 4. The van der Waals surface area contributed by atoms with E-state index in [0.717, 1.165) is 11.1 Å². The topological polar surface area (TPSA) is 62.7 Å². The van der Waals surface area contributed by atoms with Crippen molar-refractivity contribution < 1.29 is 4.42 Å². The third kappa shape index (κ3) is 3.51. The second-order valence-electron chi connectivity index (χ2n) is 3.99. The molecule has 1 heterocycles. The van der Waals surface area contributed by atoms with Crippen molar-refractivity contribution in [3.8, 4) is 6.07 Å². The van der Waals surface area contributed by atoms with Gasteiger partial charge in [0.15, 0.2) is 0 Å². The molecular weight excluding hydrogens is 321 g/mol. The highest BCUT2D eigenvalue weighted by Gasteiger charge is 2.30. The van der Waals surface area contributed by atoms with Crippen LogP contribution in [0.2, 0.25) is 0 Å². The first-order valence-electron chi connectivity index (χ1n) is 5.49. The molecule has 0 unspecified atom stereocenters. The maximum absolute atomic E-state index is 9.16. The predicted octanol–water partition coefficient (Wildman–Crippen LogP) is 4.27. The number of hydrogen-bond donors (Lipinski definition) is 0. The Morgan fingerprint density at radius 2 is 1.90 bits per heavy atom. The van der Waals surface area contributed by atoms with Crippen LogP contribution in [0.4, 0.5) is 0 Å².